The van der Waals surface area contributed by atoms with E-state index in [1.807, 2.05) is 6.92 Å². The zero-order chi connectivity index (χ0) is 10.4. The van der Waals surface area contributed by atoms with Gasteiger partial charge in [0.15, 0.2) is 11.5 Å². The van der Waals surface area contributed by atoms with Gasteiger partial charge in [-0.3, -0.25) is 0 Å². The van der Waals surface area contributed by atoms with Crippen LogP contribution in [0.15, 0.2) is 12.1 Å². The SMILES string of the molecule is CCC1Oc2cc3c(cc2C1O)OCO3. The Hall–Kier alpha value is -1.42. The standard InChI is InChI=1S/C11H12O4/c1-2-7-11(12)6-3-9-10(14-5-13-9)4-8(6)15-7/h3-4,7,11-12H,2,5H2,1H3. The second-order valence-electron chi connectivity index (χ2n) is 3.75. The van der Waals surface area contributed by atoms with E-state index < -0.39 is 6.10 Å². The molecule has 0 saturated carbocycles. The Labute approximate surface area is 87.4 Å². The van der Waals surface area contributed by atoms with Crippen molar-refractivity contribution >= 4 is 0 Å². The maximum absolute atomic E-state index is 9.95. The topological polar surface area (TPSA) is 47.9 Å². The maximum Gasteiger partial charge on any atom is 0.231 e. The smallest absolute Gasteiger partial charge is 0.231 e. The van der Waals surface area contributed by atoms with Crippen LogP contribution in [-0.4, -0.2) is 18.0 Å². The summed E-state index contributed by atoms with van der Waals surface area (Å²) < 4.78 is 16.1. The van der Waals surface area contributed by atoms with Crippen molar-refractivity contribution in [3.63, 3.8) is 0 Å². The fraction of sp³-hybridized carbons (Fsp3) is 0.455. The molecule has 2 atom stereocenters. The van der Waals surface area contributed by atoms with Crippen LogP contribution in [0.25, 0.3) is 0 Å². The third kappa shape index (κ3) is 1.18. The summed E-state index contributed by atoms with van der Waals surface area (Å²) in [4.78, 5) is 0. The van der Waals surface area contributed by atoms with Crippen molar-refractivity contribution in [1.82, 2.24) is 0 Å². The van der Waals surface area contributed by atoms with Gasteiger partial charge in [-0.25, -0.2) is 0 Å². The molecule has 3 rings (SSSR count). The first-order chi connectivity index (χ1) is 7.29. The minimum atomic E-state index is -0.556. The molecular formula is C11H12O4. The normalized spacial score (nSPS) is 26.3. The quantitative estimate of drug-likeness (QED) is 0.761. The van der Waals surface area contributed by atoms with E-state index in [0.717, 1.165) is 12.0 Å². The molecule has 1 aromatic rings. The number of rotatable bonds is 1. The van der Waals surface area contributed by atoms with Crippen LogP contribution in [0.4, 0.5) is 0 Å². The Bertz CT molecular complexity index is 402. The summed E-state index contributed by atoms with van der Waals surface area (Å²) >= 11 is 0. The van der Waals surface area contributed by atoms with Gasteiger partial charge < -0.3 is 19.3 Å². The van der Waals surface area contributed by atoms with Gasteiger partial charge in [0, 0.05) is 11.6 Å². The van der Waals surface area contributed by atoms with Crippen molar-refractivity contribution in [2.75, 3.05) is 6.79 Å². The van der Waals surface area contributed by atoms with Crippen molar-refractivity contribution < 1.29 is 19.3 Å². The molecular weight excluding hydrogens is 196 g/mol. The average molecular weight is 208 g/mol. The van der Waals surface area contributed by atoms with Gasteiger partial charge in [0.1, 0.15) is 18.0 Å². The first-order valence-electron chi connectivity index (χ1n) is 5.08. The molecule has 4 nitrogen and oxygen atoms in total. The molecule has 0 saturated heterocycles. The van der Waals surface area contributed by atoms with Crippen LogP contribution in [0, 0.1) is 0 Å². The number of benzene rings is 1. The molecule has 2 aliphatic heterocycles. The van der Waals surface area contributed by atoms with E-state index in [9.17, 15) is 5.11 Å². The Balaban J connectivity index is 2.05. The Kier molecular flexibility index (Phi) is 1.79. The van der Waals surface area contributed by atoms with Gasteiger partial charge in [-0.2, -0.15) is 0 Å². The number of aliphatic hydroxyl groups is 1. The van der Waals surface area contributed by atoms with Crippen LogP contribution < -0.4 is 14.2 Å². The van der Waals surface area contributed by atoms with Crippen LogP contribution in [0.5, 0.6) is 17.2 Å². The number of hydrogen-bond acceptors (Lipinski definition) is 4. The Morgan fingerprint density at radius 2 is 2.00 bits per heavy atom. The van der Waals surface area contributed by atoms with Crippen molar-refractivity contribution in [3.8, 4) is 17.2 Å². The lowest BCUT2D eigenvalue weighted by molar-refractivity contribution is 0.0650. The Morgan fingerprint density at radius 1 is 1.27 bits per heavy atom. The van der Waals surface area contributed by atoms with E-state index in [4.69, 9.17) is 14.2 Å². The van der Waals surface area contributed by atoms with Crippen LogP contribution in [-0.2, 0) is 0 Å². The highest BCUT2D eigenvalue weighted by atomic mass is 16.7. The van der Waals surface area contributed by atoms with Gasteiger partial charge in [0.05, 0.1) is 0 Å². The second-order valence-corrected chi connectivity index (χ2v) is 3.75. The van der Waals surface area contributed by atoms with Gasteiger partial charge in [-0.05, 0) is 12.5 Å². The van der Waals surface area contributed by atoms with Crippen LogP contribution in [0.3, 0.4) is 0 Å². The van der Waals surface area contributed by atoms with Gasteiger partial charge in [0.25, 0.3) is 0 Å². The molecule has 4 heteroatoms. The van der Waals surface area contributed by atoms with Crippen LogP contribution in [0.2, 0.25) is 0 Å². The molecule has 0 radical (unpaired) electrons. The molecule has 0 fully saturated rings. The molecule has 2 aliphatic rings. The zero-order valence-corrected chi connectivity index (χ0v) is 8.40. The number of fused-ring (bicyclic) bond motifs is 2. The summed E-state index contributed by atoms with van der Waals surface area (Å²) in [6, 6.07) is 3.59. The van der Waals surface area contributed by atoms with Crippen LogP contribution in [0.1, 0.15) is 25.0 Å². The summed E-state index contributed by atoms with van der Waals surface area (Å²) in [7, 11) is 0. The molecule has 0 spiro atoms. The first kappa shape index (κ1) is 8.85. The molecule has 0 bridgehead atoms. The lowest BCUT2D eigenvalue weighted by Gasteiger charge is -2.10. The summed E-state index contributed by atoms with van der Waals surface area (Å²) in [5, 5.41) is 9.95. The third-order valence-corrected chi connectivity index (χ3v) is 2.86. The molecule has 80 valence electrons. The van der Waals surface area contributed by atoms with E-state index in [-0.39, 0.29) is 12.9 Å². The molecule has 0 amide bonds. The van der Waals surface area contributed by atoms with E-state index >= 15 is 0 Å². The molecule has 2 unspecified atom stereocenters. The van der Waals surface area contributed by atoms with E-state index in [1.165, 1.54) is 0 Å². The highest BCUT2D eigenvalue weighted by Gasteiger charge is 2.34. The van der Waals surface area contributed by atoms with Crippen LogP contribution >= 0.6 is 0 Å². The first-order valence-corrected chi connectivity index (χ1v) is 5.08. The molecule has 1 N–H and O–H groups in total. The minimum Gasteiger partial charge on any atom is -0.487 e. The maximum atomic E-state index is 9.95. The van der Waals surface area contributed by atoms with Gasteiger partial charge >= 0.3 is 0 Å². The fourth-order valence-electron chi connectivity index (χ4n) is 2.01. The van der Waals surface area contributed by atoms with Gasteiger partial charge in [-0.1, -0.05) is 6.92 Å². The van der Waals surface area contributed by atoms with Crippen molar-refractivity contribution in [2.24, 2.45) is 0 Å². The van der Waals surface area contributed by atoms with Crippen molar-refractivity contribution in [1.29, 1.82) is 0 Å². The third-order valence-electron chi connectivity index (χ3n) is 2.86. The minimum absolute atomic E-state index is 0.150. The average Bonchev–Trinajstić information content (AvgIpc) is 2.80. The lowest BCUT2D eigenvalue weighted by Crippen LogP contribution is -2.16. The van der Waals surface area contributed by atoms with Crippen molar-refractivity contribution in [3.05, 3.63) is 17.7 Å². The number of ether oxygens (including phenoxy) is 3. The largest absolute Gasteiger partial charge is 0.487 e. The Morgan fingerprint density at radius 3 is 2.73 bits per heavy atom. The highest BCUT2D eigenvalue weighted by Crippen LogP contribution is 2.45. The van der Waals surface area contributed by atoms with E-state index in [2.05, 4.69) is 0 Å². The molecule has 1 aromatic carbocycles. The predicted molar refractivity (Wildman–Crippen MR) is 52.2 cm³/mol. The highest BCUT2D eigenvalue weighted by molar-refractivity contribution is 5.54. The molecule has 0 aliphatic carbocycles. The van der Waals surface area contributed by atoms with E-state index in [1.54, 1.807) is 12.1 Å². The number of aliphatic hydroxyl groups excluding tert-OH is 1. The molecule has 15 heavy (non-hydrogen) atoms. The number of hydrogen-bond donors (Lipinski definition) is 1. The lowest BCUT2D eigenvalue weighted by atomic mass is 10.0. The molecule has 2 heterocycles. The second kappa shape index (κ2) is 3.03. The predicted octanol–water partition coefficient (Wildman–Crippen LogP) is 1.62. The van der Waals surface area contributed by atoms with Gasteiger partial charge in [-0.15, -0.1) is 0 Å². The summed E-state index contributed by atoms with van der Waals surface area (Å²) in [6.07, 6.45) is 0.0735. The van der Waals surface area contributed by atoms with Gasteiger partial charge in [0.2, 0.25) is 6.79 Å². The van der Waals surface area contributed by atoms with Crippen molar-refractivity contribution in [2.45, 2.75) is 25.6 Å². The fourth-order valence-corrected chi connectivity index (χ4v) is 2.01. The monoisotopic (exact) mass is 208 g/mol. The van der Waals surface area contributed by atoms with E-state index in [0.29, 0.717) is 17.2 Å². The summed E-state index contributed by atoms with van der Waals surface area (Å²) in [6.45, 7) is 2.23. The summed E-state index contributed by atoms with van der Waals surface area (Å²) in [5.41, 5.74) is 0.797. The summed E-state index contributed by atoms with van der Waals surface area (Å²) in [5.74, 6) is 2.09. The molecule has 0 aromatic heterocycles. The zero-order valence-electron chi connectivity index (χ0n) is 8.40.